The van der Waals surface area contributed by atoms with Crippen molar-refractivity contribution in [2.75, 3.05) is 0 Å². The first-order valence-electron chi connectivity index (χ1n) is 0. The van der Waals surface area contributed by atoms with Gasteiger partial charge in [0, 0.05) is 0 Å². The first-order chi connectivity index (χ1) is 0. The van der Waals surface area contributed by atoms with Crippen LogP contribution in [-0.2, 0) is 0 Å². The Labute approximate surface area is 79.7 Å². The van der Waals surface area contributed by atoms with Gasteiger partial charge in [0.2, 0.25) is 0 Å². The van der Waals surface area contributed by atoms with Gasteiger partial charge in [0.1, 0.15) is 0 Å². The number of rotatable bonds is 0. The van der Waals surface area contributed by atoms with Gasteiger partial charge in [0.05, 0.1) is 0 Å². The zero-order valence-electron chi connectivity index (χ0n) is 6.41. The summed E-state index contributed by atoms with van der Waals surface area (Å²) >= 11 is 0. The molecule has 0 spiro atoms. The van der Waals surface area contributed by atoms with Crippen LogP contribution in [0.4, 0.5) is 0 Å². The second-order valence-corrected chi connectivity index (χ2v) is 0. The normalized spacial score (nSPS) is 0. The van der Waals surface area contributed by atoms with Crippen molar-refractivity contribution in [3.63, 3.8) is 0 Å². The first-order valence-corrected chi connectivity index (χ1v) is 0. The predicted molar refractivity (Wildman–Crippen MR) is 33.1 cm³/mol. The number of hydrogen-bond acceptors (Lipinski definition) is 0. The summed E-state index contributed by atoms with van der Waals surface area (Å²) in [6.45, 7) is 0. The van der Waals surface area contributed by atoms with E-state index in [0.29, 0.717) is 0 Å². The summed E-state index contributed by atoms with van der Waals surface area (Å²) in [5, 5.41) is 0. The van der Waals surface area contributed by atoms with Gasteiger partial charge < -0.3 is 16.7 Å². The molecule has 0 rings (SSSR count). The molecular weight excluding hydrogens is 108 g/mol. The van der Waals surface area contributed by atoms with Crippen molar-refractivity contribution in [3.05, 3.63) is 0 Å². The third-order valence-electron chi connectivity index (χ3n) is 0. The molecule has 0 aromatic heterocycles. The average molecular weight is 119 g/mol. The van der Waals surface area contributed by atoms with Crippen molar-refractivity contribution in [1.82, 2.24) is 0 Å². The molecule has 0 aromatic carbocycles. The van der Waals surface area contributed by atoms with Crippen molar-refractivity contribution < 1.29 is 16.7 Å². The quantitative estimate of drug-likeness (QED) is 0.302. The molecule has 0 unspecified atom stereocenters. The van der Waals surface area contributed by atoms with E-state index in [2.05, 4.69) is 0 Å². The molecule has 0 heterocycles. The van der Waals surface area contributed by atoms with Crippen LogP contribution in [0.3, 0.4) is 0 Å². The first kappa shape index (κ1) is 63.5. The number of hydrogen-bond donors (Lipinski definition) is 0. The maximum atomic E-state index is 0. The van der Waals surface area contributed by atoms with Crippen LogP contribution in [0.5, 0.6) is 0 Å². The summed E-state index contributed by atoms with van der Waals surface area (Å²) < 4.78 is 0. The van der Waals surface area contributed by atoms with Crippen LogP contribution < -0.4 is 0 Å². The maximum absolute atomic E-state index is 0. The van der Waals surface area contributed by atoms with Crippen LogP contribution >= 0.6 is 0 Å². The van der Waals surface area contributed by atoms with Gasteiger partial charge in [-0.05, 0) is 0 Å². The molecule has 0 aliphatic carbocycles. The van der Waals surface area contributed by atoms with Gasteiger partial charge in [0.15, 0.2) is 17.4 Å². The predicted octanol–water partition coefficient (Wildman–Crippen LogP) is -3.14. The molecule has 0 radical (unpaired) electrons. The van der Waals surface area contributed by atoms with E-state index in [9.17, 15) is 0 Å². The molecule has 0 aliphatic heterocycles. The molecule has 2 nitrogen and oxygen atoms in total. The molecule has 0 fully saturated rings. The largest absolute Gasteiger partial charge is 2.00 e. The van der Waals surface area contributed by atoms with Crippen molar-refractivity contribution in [1.29, 1.82) is 0 Å². The van der Waals surface area contributed by atoms with Crippen LogP contribution in [0.25, 0.3) is 0 Å². The van der Waals surface area contributed by atoms with E-state index in [0.717, 1.165) is 0 Å². The molecule has 5 heavy (non-hydrogen) atoms. The van der Waals surface area contributed by atoms with Crippen molar-refractivity contribution in [2.24, 2.45) is 0 Å². The second kappa shape index (κ2) is 37.7. The Morgan fingerprint density at radius 3 is 0.800 bits per heavy atom. The molecule has 0 amide bonds. The third-order valence-corrected chi connectivity index (χ3v) is 0. The minimum atomic E-state index is 0. The van der Waals surface area contributed by atoms with E-state index >= 15 is 0 Å². The standard InChI is InChI=1S/Al.2Mg.2H2O.7H/h;;;2*1H2;;;;;;;/q;2*+2;;;;;;4*-1. The SMILES string of the molecule is O.O.[AlH3].[H-].[H-].[H-].[H-].[Mg+2].[Mg+2]. The summed E-state index contributed by atoms with van der Waals surface area (Å²) in [7, 11) is 0. The molecular formula is H11AlMg2O2. The molecule has 4 N–H and O–H groups in total. The smallest absolute Gasteiger partial charge is 1.00 e. The van der Waals surface area contributed by atoms with Gasteiger partial charge in [-0.15, -0.1) is 0 Å². The molecule has 0 saturated carbocycles. The van der Waals surface area contributed by atoms with Crippen LogP contribution in [0.1, 0.15) is 5.71 Å². The molecule has 0 bridgehead atoms. The van der Waals surface area contributed by atoms with Gasteiger partial charge >= 0.3 is 46.1 Å². The van der Waals surface area contributed by atoms with E-state index in [1.165, 1.54) is 0 Å². The van der Waals surface area contributed by atoms with Crippen LogP contribution in [0.15, 0.2) is 0 Å². The summed E-state index contributed by atoms with van der Waals surface area (Å²) in [6, 6.07) is 0. The summed E-state index contributed by atoms with van der Waals surface area (Å²) in [6.07, 6.45) is 0. The van der Waals surface area contributed by atoms with Gasteiger partial charge in [-0.1, -0.05) is 0 Å². The molecule has 0 aliphatic rings. The Morgan fingerprint density at radius 1 is 0.800 bits per heavy atom. The fraction of sp³-hybridized carbons (Fsp3) is 0. The topological polar surface area (TPSA) is 63.0 Å². The fourth-order valence-corrected chi connectivity index (χ4v) is 0. The Balaban J connectivity index is 0. The van der Waals surface area contributed by atoms with Crippen LogP contribution in [-0.4, -0.2) is 74.4 Å². The Kier molecular flexibility index (Phi) is 479. The monoisotopic (exact) mass is 118 g/mol. The Hall–Kier alpha value is 1.98. The third kappa shape index (κ3) is 24.1. The van der Waals surface area contributed by atoms with E-state index < -0.39 is 0 Å². The van der Waals surface area contributed by atoms with Crippen LogP contribution in [0.2, 0.25) is 0 Å². The average Bonchev–Trinajstić information content (AvgIpc) is 0. The van der Waals surface area contributed by atoms with Gasteiger partial charge in [-0.2, -0.15) is 0 Å². The molecule has 30 valence electrons. The van der Waals surface area contributed by atoms with Crippen LogP contribution in [0, 0.1) is 0 Å². The van der Waals surface area contributed by atoms with Gasteiger partial charge in [0.25, 0.3) is 0 Å². The molecule has 0 atom stereocenters. The summed E-state index contributed by atoms with van der Waals surface area (Å²) in [5.74, 6) is 0. The molecule has 0 saturated heterocycles. The fourth-order valence-electron chi connectivity index (χ4n) is 0. The Bertz CT molecular complexity index is 16.5. The molecule has 0 aromatic rings. The van der Waals surface area contributed by atoms with Crippen molar-refractivity contribution >= 4 is 63.5 Å². The molecule has 5 heteroatoms. The Morgan fingerprint density at radius 2 is 0.800 bits per heavy atom. The summed E-state index contributed by atoms with van der Waals surface area (Å²) in [4.78, 5) is 0. The van der Waals surface area contributed by atoms with Crippen molar-refractivity contribution in [2.45, 2.75) is 0 Å². The summed E-state index contributed by atoms with van der Waals surface area (Å²) in [5.41, 5.74) is 0. The minimum Gasteiger partial charge on any atom is -1.00 e. The maximum Gasteiger partial charge on any atom is 2.00 e. The minimum absolute atomic E-state index is 0. The second-order valence-electron chi connectivity index (χ2n) is 0. The van der Waals surface area contributed by atoms with E-state index in [1.807, 2.05) is 0 Å². The van der Waals surface area contributed by atoms with E-state index in [-0.39, 0.29) is 80.1 Å². The zero-order chi connectivity index (χ0) is 0. The van der Waals surface area contributed by atoms with Gasteiger partial charge in [-0.25, -0.2) is 0 Å². The van der Waals surface area contributed by atoms with Gasteiger partial charge in [-0.3, -0.25) is 0 Å². The van der Waals surface area contributed by atoms with Crippen molar-refractivity contribution in [3.8, 4) is 0 Å². The van der Waals surface area contributed by atoms with E-state index in [1.54, 1.807) is 0 Å². The van der Waals surface area contributed by atoms with E-state index in [4.69, 9.17) is 0 Å². The zero-order valence-corrected chi connectivity index (χ0v) is 5.24.